The molecule has 1 aliphatic rings. The molecule has 1 aliphatic carbocycles. The molecule has 0 saturated carbocycles. The molecule has 0 radical (unpaired) electrons. The minimum absolute atomic E-state index is 0.0222. The first-order chi connectivity index (χ1) is 25.1. The highest BCUT2D eigenvalue weighted by Gasteiger charge is 2.48. The molecule has 4 rings (SSSR count). The number of ketones is 1. The Hall–Kier alpha value is -5.27. The van der Waals surface area contributed by atoms with Gasteiger partial charge >= 0.3 is 23.9 Å². The molecule has 3 N–H and O–H groups in total. The summed E-state index contributed by atoms with van der Waals surface area (Å²) in [6.45, 7) is 18.1. The summed E-state index contributed by atoms with van der Waals surface area (Å²) in [6.07, 6.45) is 2.64. The van der Waals surface area contributed by atoms with Crippen molar-refractivity contribution in [2.24, 2.45) is 0 Å². The summed E-state index contributed by atoms with van der Waals surface area (Å²) >= 11 is 3.23. The summed E-state index contributed by atoms with van der Waals surface area (Å²) in [5.74, 6) is -5.05. The van der Waals surface area contributed by atoms with Crippen molar-refractivity contribution in [1.82, 2.24) is 0 Å². The van der Waals surface area contributed by atoms with Gasteiger partial charge in [0.2, 0.25) is 5.60 Å². The molecule has 0 unspecified atom stereocenters. The van der Waals surface area contributed by atoms with Crippen LogP contribution in [0.1, 0.15) is 101 Å². The van der Waals surface area contributed by atoms with Gasteiger partial charge in [0.05, 0.1) is 17.7 Å². The molecule has 3 aromatic carbocycles. The fourth-order valence-corrected chi connectivity index (χ4v) is 6.95. The van der Waals surface area contributed by atoms with Crippen LogP contribution in [0, 0.1) is 62.3 Å². The quantitative estimate of drug-likeness (QED) is 0.135. The summed E-state index contributed by atoms with van der Waals surface area (Å²) in [7, 11) is 0. The van der Waals surface area contributed by atoms with Crippen molar-refractivity contribution < 1.29 is 58.2 Å². The number of carboxylic acids is 1. The monoisotopic (exact) mass is 806 g/mol. The molecule has 0 heterocycles. The Labute approximate surface area is 321 Å². The normalized spacial score (nSPS) is 15.3. The number of allylic oxidation sites excluding steroid dienone is 2. The van der Waals surface area contributed by atoms with Crippen LogP contribution >= 0.6 is 15.9 Å². The number of hydrogen-bond donors (Lipinski definition) is 3. The van der Waals surface area contributed by atoms with Gasteiger partial charge in [-0.2, -0.15) is 0 Å². The number of ether oxygens (including phenoxy) is 4. The zero-order valence-corrected chi connectivity index (χ0v) is 33.6. The van der Waals surface area contributed by atoms with Gasteiger partial charge in [0.1, 0.15) is 33.0 Å². The van der Waals surface area contributed by atoms with Crippen LogP contribution in [0.15, 0.2) is 34.0 Å². The average molecular weight is 808 g/mol. The van der Waals surface area contributed by atoms with Gasteiger partial charge in [-0.3, -0.25) is 4.79 Å². The maximum absolute atomic E-state index is 13.7. The van der Waals surface area contributed by atoms with E-state index in [9.17, 15) is 39.3 Å². The number of carbonyl (C=O) groups is 5. The van der Waals surface area contributed by atoms with E-state index in [4.69, 9.17) is 18.9 Å². The van der Waals surface area contributed by atoms with Crippen molar-refractivity contribution in [3.63, 3.8) is 0 Å². The van der Waals surface area contributed by atoms with Crippen molar-refractivity contribution in [2.75, 3.05) is 6.61 Å². The lowest BCUT2D eigenvalue weighted by atomic mass is 9.87. The fourth-order valence-electron chi connectivity index (χ4n) is 6.37. The highest BCUT2D eigenvalue weighted by atomic mass is 79.9. The van der Waals surface area contributed by atoms with E-state index in [0.29, 0.717) is 45.4 Å². The van der Waals surface area contributed by atoms with Gasteiger partial charge in [0, 0.05) is 6.08 Å². The lowest BCUT2D eigenvalue weighted by Crippen LogP contribution is -2.47. The number of benzene rings is 3. The van der Waals surface area contributed by atoms with Crippen LogP contribution in [0.3, 0.4) is 0 Å². The molecule has 0 spiro atoms. The van der Waals surface area contributed by atoms with Gasteiger partial charge in [-0.1, -0.05) is 6.92 Å². The molecule has 0 fully saturated rings. The van der Waals surface area contributed by atoms with Crippen LogP contribution in [-0.2, 0) is 14.3 Å². The number of phenolic OH excluding ortho intramolecular Hbond substituents is 1. The van der Waals surface area contributed by atoms with E-state index in [-0.39, 0.29) is 67.5 Å². The maximum atomic E-state index is 13.7. The summed E-state index contributed by atoms with van der Waals surface area (Å²) in [5, 5.41) is 32.4. The second-order valence-electron chi connectivity index (χ2n) is 13.4. The van der Waals surface area contributed by atoms with E-state index in [1.165, 1.54) is 19.9 Å². The second-order valence-corrected chi connectivity index (χ2v) is 14.2. The number of aliphatic hydroxyl groups is 1. The number of carboxylic acid groups (broad SMARTS) is 1. The predicted octanol–water partition coefficient (Wildman–Crippen LogP) is 7.54. The van der Waals surface area contributed by atoms with Gasteiger partial charge in [0.25, 0.3) is 0 Å². The van der Waals surface area contributed by atoms with Gasteiger partial charge in [-0.05, 0) is 159 Å². The third-order valence-electron chi connectivity index (χ3n) is 10.1. The Morgan fingerprint density at radius 2 is 1.22 bits per heavy atom. The molecule has 12 nitrogen and oxygen atoms in total. The molecule has 0 aliphatic heterocycles. The first-order valence-electron chi connectivity index (χ1n) is 17.0. The molecular weight excluding hydrogens is 764 g/mol. The predicted molar refractivity (Wildman–Crippen MR) is 202 cm³/mol. The first-order valence-corrected chi connectivity index (χ1v) is 17.8. The molecule has 0 bridgehead atoms. The van der Waals surface area contributed by atoms with Gasteiger partial charge < -0.3 is 34.3 Å². The Morgan fingerprint density at radius 1 is 0.704 bits per heavy atom. The summed E-state index contributed by atoms with van der Waals surface area (Å²) in [5.41, 5.74) is 1.54. The summed E-state index contributed by atoms with van der Waals surface area (Å²) in [6, 6.07) is 1.50. The number of carbonyl (C=O) groups excluding carboxylic acids is 4. The number of aromatic carboxylic acids is 1. The Kier molecular flexibility index (Phi) is 12.0. The fraction of sp³-hybridized carbons (Fsp3) is 0.341. The number of aryl methyl sites for hydroxylation is 1. The third-order valence-corrected chi connectivity index (χ3v) is 10.8. The van der Waals surface area contributed by atoms with Crippen molar-refractivity contribution in [3.8, 4) is 23.0 Å². The number of rotatable bonds is 10. The zero-order chi connectivity index (χ0) is 40.7. The van der Waals surface area contributed by atoms with Crippen molar-refractivity contribution in [1.29, 1.82) is 0 Å². The van der Waals surface area contributed by atoms with Crippen LogP contribution in [0.2, 0.25) is 0 Å². The second kappa shape index (κ2) is 15.6. The Bertz CT molecular complexity index is 2170. The molecule has 54 heavy (non-hydrogen) atoms. The van der Waals surface area contributed by atoms with E-state index in [1.807, 2.05) is 6.92 Å². The maximum Gasteiger partial charge on any atom is 0.356 e. The molecular formula is C41H43BrO12. The number of aromatic hydroxyl groups is 1. The lowest BCUT2D eigenvalue weighted by molar-refractivity contribution is -0.151. The zero-order valence-electron chi connectivity index (χ0n) is 32.0. The smallest absolute Gasteiger partial charge is 0.356 e. The van der Waals surface area contributed by atoms with E-state index in [1.54, 1.807) is 55.4 Å². The summed E-state index contributed by atoms with van der Waals surface area (Å²) < 4.78 is 22.7. The number of esters is 3. The van der Waals surface area contributed by atoms with Gasteiger partial charge in [-0.25, -0.2) is 19.2 Å². The van der Waals surface area contributed by atoms with Crippen LogP contribution in [0.25, 0.3) is 0 Å². The first kappa shape index (κ1) is 41.5. The number of hydrogen-bond acceptors (Lipinski definition) is 11. The van der Waals surface area contributed by atoms with Crippen LogP contribution in [-0.4, -0.2) is 57.2 Å². The molecule has 13 heteroatoms. The van der Waals surface area contributed by atoms with E-state index in [0.717, 1.165) is 12.2 Å². The van der Waals surface area contributed by atoms with Crippen LogP contribution < -0.4 is 14.2 Å². The van der Waals surface area contributed by atoms with Crippen molar-refractivity contribution in [3.05, 3.63) is 101 Å². The molecule has 3 aromatic rings. The Morgan fingerprint density at radius 3 is 1.78 bits per heavy atom. The average Bonchev–Trinajstić information content (AvgIpc) is 3.09. The summed E-state index contributed by atoms with van der Waals surface area (Å²) in [4.78, 5) is 64.9. The molecule has 0 amide bonds. The molecule has 0 aromatic heterocycles. The van der Waals surface area contributed by atoms with Crippen LogP contribution in [0.5, 0.6) is 23.0 Å². The molecule has 1 atom stereocenters. The minimum atomic E-state index is -2.43. The van der Waals surface area contributed by atoms with Crippen molar-refractivity contribution >= 4 is 45.6 Å². The topological polar surface area (TPSA) is 183 Å². The third kappa shape index (κ3) is 7.17. The number of halogens is 1. The van der Waals surface area contributed by atoms with E-state index in [2.05, 4.69) is 15.9 Å². The van der Waals surface area contributed by atoms with E-state index >= 15 is 0 Å². The molecule has 0 saturated heterocycles. The standard InChI is InChI=1S/C41H43BrO12/c1-12-13-51-29-16-27(43)15-18(3)41(29,50)40(49)54-36-26(11)23(8)32(34(44)33(36)42)39(48)52-28-14-17(2)30(20(5)19(28)4)38(47)53-35-24(9)21(6)31(37(45)46)22(7)25(35)10/h14-16,44,50H,12-13H2,1-11H3,(H,45,46)/t41-/m1/s1. The van der Waals surface area contributed by atoms with Gasteiger partial charge in [0.15, 0.2) is 11.5 Å². The number of phenols is 1. The van der Waals surface area contributed by atoms with Gasteiger partial charge in [-0.15, -0.1) is 0 Å². The molecule has 286 valence electrons. The highest BCUT2D eigenvalue weighted by Crippen LogP contribution is 2.44. The lowest BCUT2D eigenvalue weighted by Gasteiger charge is -2.31. The van der Waals surface area contributed by atoms with Crippen LogP contribution in [0.4, 0.5) is 0 Å². The minimum Gasteiger partial charge on any atom is -0.506 e. The SMILES string of the molecule is CCCOC1=CC(=O)C=C(C)[C@]1(O)C(=O)Oc1c(C)c(C)c(C(=O)Oc2cc(C)c(C(=O)Oc3c(C)c(C)c(C(=O)O)c(C)c3C)c(C)c2C)c(O)c1Br. The van der Waals surface area contributed by atoms with Crippen molar-refractivity contribution in [2.45, 2.75) is 88.2 Å². The largest absolute Gasteiger partial charge is 0.506 e. The van der Waals surface area contributed by atoms with E-state index < -0.39 is 41.0 Å². The Balaban J connectivity index is 1.66. The highest BCUT2D eigenvalue weighted by molar-refractivity contribution is 9.10.